The number of ether oxygens (including phenoxy) is 1. The molecule has 0 saturated carbocycles. The van der Waals surface area contributed by atoms with Gasteiger partial charge in [0.15, 0.2) is 0 Å². The summed E-state index contributed by atoms with van der Waals surface area (Å²) in [6.07, 6.45) is 0.879. The maximum atomic E-state index is 12.6. The molecule has 1 N–H and O–H groups in total. The molecule has 4 aliphatic rings. The third-order valence-corrected chi connectivity index (χ3v) is 4.39. The van der Waals surface area contributed by atoms with E-state index in [1.807, 2.05) is 18.2 Å². The van der Waals surface area contributed by atoms with E-state index in [4.69, 9.17) is 4.74 Å². The van der Waals surface area contributed by atoms with Crippen molar-refractivity contribution in [3.05, 3.63) is 46.7 Å². The minimum atomic E-state index is -0.804. The molecule has 1 aromatic rings. The maximum Gasteiger partial charge on any atom is 0.370 e. The van der Waals surface area contributed by atoms with Crippen LogP contribution in [0.1, 0.15) is 12.0 Å². The molecule has 1 atom stereocenters. The Morgan fingerprint density at radius 2 is 2.00 bits per heavy atom. The second-order valence-corrected chi connectivity index (χ2v) is 6.05. The lowest BCUT2D eigenvalue weighted by atomic mass is 10.0. The summed E-state index contributed by atoms with van der Waals surface area (Å²) in [7, 11) is 3.25. The maximum absolute atomic E-state index is 12.6. The van der Waals surface area contributed by atoms with E-state index in [9.17, 15) is 14.7 Å². The lowest BCUT2D eigenvalue weighted by molar-refractivity contribution is -0.928. The number of carbonyl (C=O) groups excluding carboxylic acids is 2. The van der Waals surface area contributed by atoms with E-state index < -0.39 is 6.23 Å². The number of hydrogen-bond donors (Lipinski definition) is 1. The Balaban J connectivity index is 2.00. The van der Waals surface area contributed by atoms with Crippen molar-refractivity contribution < 1.29 is 24.0 Å². The van der Waals surface area contributed by atoms with Gasteiger partial charge in [-0.2, -0.15) is 4.59 Å². The third-order valence-electron chi connectivity index (χ3n) is 4.39. The van der Waals surface area contributed by atoms with Crippen LogP contribution < -0.4 is 4.74 Å². The number of aliphatic hydroxyl groups is 1. The molecule has 5 rings (SSSR count). The van der Waals surface area contributed by atoms with Gasteiger partial charge in [0.05, 0.1) is 26.1 Å². The average molecular weight is 299 g/mol. The first-order valence-electron chi connectivity index (χ1n) is 7.02. The molecular formula is C16H15N2O4+. The quantitative estimate of drug-likeness (QED) is 0.735. The Kier molecular flexibility index (Phi) is 2.37. The van der Waals surface area contributed by atoms with E-state index >= 15 is 0 Å². The molecule has 6 nitrogen and oxygen atoms in total. The molecular weight excluding hydrogens is 284 g/mol. The number of hydrogen-bond acceptors (Lipinski definition) is 4. The van der Waals surface area contributed by atoms with Crippen LogP contribution in [0.3, 0.4) is 0 Å². The number of likely N-dealkylation sites (N-methyl/N-ethyl adjacent to an activating group) is 1. The highest BCUT2D eigenvalue weighted by atomic mass is 16.5. The summed E-state index contributed by atoms with van der Waals surface area (Å²) in [5.41, 5.74) is 1.42. The van der Waals surface area contributed by atoms with Crippen LogP contribution in [0.4, 0.5) is 0 Å². The number of nitrogens with zero attached hydrogens (tertiary/aromatic N) is 2. The number of benzene rings is 1. The summed E-state index contributed by atoms with van der Waals surface area (Å²) < 4.78 is 5.66. The topological polar surface area (TPSA) is 66.8 Å². The normalized spacial score (nSPS) is 25.3. The highest BCUT2D eigenvalue weighted by molar-refractivity contribution is 6.00. The van der Waals surface area contributed by atoms with Crippen molar-refractivity contribution in [3.8, 4) is 5.75 Å². The number of quaternary nitrogens is 1. The van der Waals surface area contributed by atoms with E-state index in [-0.39, 0.29) is 34.2 Å². The molecule has 6 heteroatoms. The predicted octanol–water partition coefficient (Wildman–Crippen LogP) is 1.36. The van der Waals surface area contributed by atoms with Crippen LogP contribution >= 0.6 is 0 Å². The van der Waals surface area contributed by atoms with Crippen LogP contribution in [-0.2, 0) is 9.59 Å². The third kappa shape index (κ3) is 1.47. The van der Waals surface area contributed by atoms with Crippen LogP contribution in [0.5, 0.6) is 5.75 Å². The standard InChI is InChI=1S/C16H14N2O4/c1-18(2)16(21)11-8-13(19)17(18)15-10(14(11)20)7-9-5-3-4-6-12(9)22-15/h3-7,15H,8H2,1-2H3/p+1. The zero-order valence-corrected chi connectivity index (χ0v) is 12.2. The van der Waals surface area contributed by atoms with Gasteiger partial charge in [-0.15, -0.1) is 5.01 Å². The minimum Gasteiger partial charge on any atom is -0.507 e. The number of para-hydroxylation sites is 1. The van der Waals surface area contributed by atoms with Crippen molar-refractivity contribution in [1.82, 2.24) is 5.01 Å². The number of aliphatic hydroxyl groups excluding tert-OH is 1. The second-order valence-electron chi connectivity index (χ2n) is 6.05. The summed E-state index contributed by atoms with van der Waals surface area (Å²) >= 11 is 0. The SMILES string of the molecule is C[N+]1(C)C(=O)C2=C(O)C3=Cc4ccccc4OC3N1C(=O)C2. The summed E-state index contributed by atoms with van der Waals surface area (Å²) in [6, 6.07) is 7.37. The molecule has 0 spiro atoms. The zero-order chi connectivity index (χ0) is 15.6. The van der Waals surface area contributed by atoms with Crippen molar-refractivity contribution in [2.75, 3.05) is 14.1 Å². The van der Waals surface area contributed by atoms with E-state index in [1.54, 1.807) is 26.2 Å². The first-order valence-corrected chi connectivity index (χ1v) is 7.02. The first kappa shape index (κ1) is 13.1. The summed E-state index contributed by atoms with van der Waals surface area (Å²) in [5, 5.41) is 11.9. The van der Waals surface area contributed by atoms with Gasteiger partial charge in [-0.3, -0.25) is 4.79 Å². The molecule has 4 aliphatic heterocycles. The molecule has 2 amide bonds. The van der Waals surface area contributed by atoms with E-state index in [2.05, 4.69) is 0 Å². The van der Waals surface area contributed by atoms with Crippen molar-refractivity contribution in [1.29, 1.82) is 0 Å². The minimum absolute atomic E-state index is 0.0973. The lowest BCUT2D eigenvalue weighted by Gasteiger charge is -2.42. The van der Waals surface area contributed by atoms with Gasteiger partial charge in [0, 0.05) is 5.56 Å². The van der Waals surface area contributed by atoms with Crippen LogP contribution in [0.15, 0.2) is 41.2 Å². The molecule has 1 fully saturated rings. The van der Waals surface area contributed by atoms with Gasteiger partial charge in [0.2, 0.25) is 6.23 Å². The summed E-state index contributed by atoms with van der Waals surface area (Å²) in [6.45, 7) is 0. The van der Waals surface area contributed by atoms with Gasteiger partial charge in [0.25, 0.3) is 5.91 Å². The fourth-order valence-electron chi connectivity index (χ4n) is 3.26. The van der Waals surface area contributed by atoms with Gasteiger partial charge in [-0.05, 0) is 12.1 Å². The Morgan fingerprint density at radius 3 is 2.77 bits per heavy atom. The fraction of sp³-hybridized carbons (Fsp3) is 0.250. The molecule has 1 aromatic carbocycles. The monoisotopic (exact) mass is 299 g/mol. The van der Waals surface area contributed by atoms with Gasteiger partial charge in [-0.1, -0.05) is 18.2 Å². The highest BCUT2D eigenvalue weighted by Crippen LogP contribution is 2.42. The number of carbonyl (C=O) groups is 2. The first-order chi connectivity index (χ1) is 10.4. The molecule has 1 saturated heterocycles. The van der Waals surface area contributed by atoms with E-state index in [0.717, 1.165) is 5.56 Å². The largest absolute Gasteiger partial charge is 0.507 e. The molecule has 22 heavy (non-hydrogen) atoms. The van der Waals surface area contributed by atoms with E-state index in [0.29, 0.717) is 11.3 Å². The Labute approximate surface area is 127 Å². The Bertz CT molecular complexity index is 791. The molecule has 0 aliphatic carbocycles. The second kappa shape index (κ2) is 3.98. The smallest absolute Gasteiger partial charge is 0.370 e. The van der Waals surface area contributed by atoms with Crippen molar-refractivity contribution >= 4 is 17.9 Å². The van der Waals surface area contributed by atoms with Crippen LogP contribution in [-0.4, -0.2) is 46.8 Å². The van der Waals surface area contributed by atoms with Crippen molar-refractivity contribution in [2.45, 2.75) is 12.6 Å². The molecule has 112 valence electrons. The predicted molar refractivity (Wildman–Crippen MR) is 77.1 cm³/mol. The average Bonchev–Trinajstić information content (AvgIpc) is 2.62. The van der Waals surface area contributed by atoms with Crippen molar-refractivity contribution in [3.63, 3.8) is 0 Å². The van der Waals surface area contributed by atoms with Crippen LogP contribution in [0, 0.1) is 0 Å². The van der Waals surface area contributed by atoms with Gasteiger partial charge < -0.3 is 9.84 Å². The fourth-order valence-corrected chi connectivity index (χ4v) is 3.26. The summed E-state index contributed by atoms with van der Waals surface area (Å²) in [5.74, 6) is -0.0392. The zero-order valence-electron chi connectivity index (χ0n) is 12.2. The van der Waals surface area contributed by atoms with Gasteiger partial charge >= 0.3 is 5.91 Å². The van der Waals surface area contributed by atoms with E-state index in [1.165, 1.54) is 5.01 Å². The Hall–Kier alpha value is -2.60. The van der Waals surface area contributed by atoms with Crippen LogP contribution in [0.2, 0.25) is 0 Å². The molecule has 2 bridgehead atoms. The number of fused-ring (bicyclic) bond motifs is 3. The van der Waals surface area contributed by atoms with Crippen molar-refractivity contribution in [2.24, 2.45) is 0 Å². The molecule has 1 unspecified atom stereocenters. The van der Waals surface area contributed by atoms with Gasteiger partial charge in [0.1, 0.15) is 17.1 Å². The number of amides is 2. The van der Waals surface area contributed by atoms with Crippen LogP contribution in [0.25, 0.3) is 6.08 Å². The molecule has 0 aromatic heterocycles. The molecule has 0 radical (unpaired) electrons. The van der Waals surface area contributed by atoms with Gasteiger partial charge in [-0.25, -0.2) is 4.79 Å². The Morgan fingerprint density at radius 1 is 1.27 bits per heavy atom. The lowest BCUT2D eigenvalue weighted by Crippen LogP contribution is -2.67. The highest BCUT2D eigenvalue weighted by Gasteiger charge is 2.56. The molecule has 4 heterocycles. The summed E-state index contributed by atoms with van der Waals surface area (Å²) in [4.78, 5) is 25.0. The number of rotatable bonds is 0.